The molecule has 1 heterocycles. The maximum absolute atomic E-state index is 13.1. The molecule has 4 aromatic rings. The summed E-state index contributed by atoms with van der Waals surface area (Å²) in [5.74, 6) is -0.361. The second-order valence-electron chi connectivity index (χ2n) is 8.19. The van der Waals surface area contributed by atoms with Gasteiger partial charge in [-0.3, -0.25) is 14.9 Å². The monoisotopic (exact) mass is 567 g/mol. The Kier molecular flexibility index (Phi) is 9.18. The number of ether oxygens (including phenoxy) is 2. The molecule has 12 heteroatoms. The van der Waals surface area contributed by atoms with Gasteiger partial charge < -0.3 is 9.47 Å². The van der Waals surface area contributed by atoms with E-state index in [-0.39, 0.29) is 34.9 Å². The number of carbonyl (C=O) groups excluding carboxylic acids is 2. The van der Waals surface area contributed by atoms with Crippen LogP contribution in [0.3, 0.4) is 0 Å². The molecule has 2 amide bonds. The molecule has 4 rings (SSSR count). The number of methoxy groups -OCH3 is 1. The molecule has 39 heavy (non-hydrogen) atoms. The van der Waals surface area contributed by atoms with E-state index in [1.807, 2.05) is 19.1 Å². The Morgan fingerprint density at radius 1 is 1.13 bits per heavy atom. The van der Waals surface area contributed by atoms with Crippen molar-refractivity contribution in [2.75, 3.05) is 12.4 Å². The molecule has 2 N–H and O–H groups in total. The van der Waals surface area contributed by atoms with Gasteiger partial charge in [-0.25, -0.2) is 9.82 Å². The third kappa shape index (κ3) is 7.59. The summed E-state index contributed by atoms with van der Waals surface area (Å²) in [4.78, 5) is 24.8. The van der Waals surface area contributed by atoms with E-state index >= 15 is 0 Å². The minimum Gasteiger partial charge on any atom is -0.493 e. The Bertz CT molecular complexity index is 1510. The summed E-state index contributed by atoms with van der Waals surface area (Å²) in [5, 5.41) is 15.5. The van der Waals surface area contributed by atoms with E-state index < -0.39 is 5.91 Å². The van der Waals surface area contributed by atoms with Crippen LogP contribution < -0.4 is 20.2 Å². The highest BCUT2D eigenvalue weighted by atomic mass is 35.5. The average Bonchev–Trinajstić information content (AvgIpc) is 3.35. The molecule has 0 radical (unpaired) electrons. The molecule has 0 aliphatic carbocycles. The molecule has 0 saturated carbocycles. The SMILES string of the molecule is COc1cc(C=NNC(=O)Cc2nnc(NC(=O)c3ccccc3C)s2)cc(Cl)c1OCc1ccc(F)cc1. The van der Waals surface area contributed by atoms with Crippen LogP contribution in [0, 0.1) is 12.7 Å². The van der Waals surface area contributed by atoms with E-state index in [2.05, 4.69) is 26.0 Å². The number of anilines is 1. The summed E-state index contributed by atoms with van der Waals surface area (Å²) in [7, 11) is 1.47. The highest BCUT2D eigenvalue weighted by Crippen LogP contribution is 2.36. The molecular formula is C27H23ClFN5O4S. The predicted molar refractivity (Wildman–Crippen MR) is 147 cm³/mol. The number of rotatable bonds is 10. The van der Waals surface area contributed by atoms with E-state index in [0.717, 1.165) is 22.5 Å². The van der Waals surface area contributed by atoms with Crippen LogP contribution in [0.4, 0.5) is 9.52 Å². The molecule has 0 spiro atoms. The van der Waals surface area contributed by atoms with Crippen LogP contribution >= 0.6 is 22.9 Å². The zero-order chi connectivity index (χ0) is 27.8. The maximum Gasteiger partial charge on any atom is 0.257 e. The maximum atomic E-state index is 13.1. The summed E-state index contributed by atoms with van der Waals surface area (Å²) in [6, 6.07) is 16.4. The number of carbonyl (C=O) groups is 2. The molecule has 0 fully saturated rings. The van der Waals surface area contributed by atoms with E-state index in [0.29, 0.717) is 27.6 Å². The number of nitrogens with zero attached hydrogens (tertiary/aromatic N) is 3. The predicted octanol–water partition coefficient (Wildman–Crippen LogP) is 5.17. The third-order valence-corrected chi connectivity index (χ3v) is 6.46. The van der Waals surface area contributed by atoms with E-state index in [1.165, 1.54) is 25.5 Å². The lowest BCUT2D eigenvalue weighted by Gasteiger charge is -2.13. The van der Waals surface area contributed by atoms with Crippen molar-refractivity contribution in [2.24, 2.45) is 5.10 Å². The summed E-state index contributed by atoms with van der Waals surface area (Å²) in [6.45, 7) is 2.01. The number of benzene rings is 3. The summed E-state index contributed by atoms with van der Waals surface area (Å²) in [5.41, 5.74) is 5.11. The fourth-order valence-corrected chi connectivity index (χ4v) is 4.42. The van der Waals surface area contributed by atoms with Crippen molar-refractivity contribution >= 4 is 46.1 Å². The van der Waals surface area contributed by atoms with Crippen LogP contribution in [-0.4, -0.2) is 35.3 Å². The molecule has 0 atom stereocenters. The Hall–Kier alpha value is -4.35. The van der Waals surface area contributed by atoms with E-state index in [9.17, 15) is 14.0 Å². The van der Waals surface area contributed by atoms with Gasteiger partial charge in [0.1, 0.15) is 17.4 Å². The molecule has 0 saturated heterocycles. The number of aromatic nitrogens is 2. The second kappa shape index (κ2) is 12.9. The molecule has 1 aromatic heterocycles. The Morgan fingerprint density at radius 2 is 1.90 bits per heavy atom. The highest BCUT2D eigenvalue weighted by molar-refractivity contribution is 7.15. The zero-order valence-corrected chi connectivity index (χ0v) is 22.5. The lowest BCUT2D eigenvalue weighted by molar-refractivity contribution is -0.120. The smallest absolute Gasteiger partial charge is 0.257 e. The Labute approximate surface area is 232 Å². The minimum absolute atomic E-state index is 0.0739. The number of amides is 2. The minimum atomic E-state index is -0.420. The number of hydrogen-bond donors (Lipinski definition) is 2. The first-order chi connectivity index (χ1) is 18.8. The Balaban J connectivity index is 1.31. The van der Waals surface area contributed by atoms with Gasteiger partial charge in [0.2, 0.25) is 11.0 Å². The quantitative estimate of drug-likeness (QED) is 0.202. The standard InChI is InChI=1S/C27H23ClFN5O4S/c1-16-5-3-4-6-20(16)26(36)31-27-34-33-24(39-27)13-23(35)32-30-14-18-11-21(28)25(22(12-18)37-2)38-15-17-7-9-19(29)10-8-17/h3-12,14H,13,15H2,1-2H3,(H,32,35)(H,31,34,36). The van der Waals surface area contributed by atoms with E-state index in [4.69, 9.17) is 21.1 Å². The molecular weight excluding hydrogens is 545 g/mol. The van der Waals surface area contributed by atoms with Gasteiger partial charge in [-0.1, -0.05) is 53.3 Å². The van der Waals surface area contributed by atoms with Crippen molar-refractivity contribution in [3.05, 3.63) is 98.8 Å². The van der Waals surface area contributed by atoms with Gasteiger partial charge in [0.25, 0.3) is 5.91 Å². The van der Waals surface area contributed by atoms with Crippen LogP contribution in [0.5, 0.6) is 11.5 Å². The number of aryl methyl sites for hydroxylation is 1. The van der Waals surface area contributed by atoms with Crippen LogP contribution in [0.2, 0.25) is 5.02 Å². The molecule has 200 valence electrons. The van der Waals surface area contributed by atoms with Gasteiger partial charge in [-0.05, 0) is 53.9 Å². The lowest BCUT2D eigenvalue weighted by Crippen LogP contribution is -2.19. The lowest BCUT2D eigenvalue weighted by atomic mass is 10.1. The zero-order valence-electron chi connectivity index (χ0n) is 20.9. The number of hydrazone groups is 1. The van der Waals surface area contributed by atoms with Crippen molar-refractivity contribution in [2.45, 2.75) is 20.0 Å². The normalized spacial score (nSPS) is 10.9. The fourth-order valence-electron chi connectivity index (χ4n) is 3.41. The third-order valence-electron chi connectivity index (χ3n) is 5.34. The topological polar surface area (TPSA) is 115 Å². The van der Waals surface area contributed by atoms with E-state index in [1.54, 1.807) is 36.4 Å². The van der Waals surface area contributed by atoms with Crippen molar-refractivity contribution in [1.29, 1.82) is 0 Å². The van der Waals surface area contributed by atoms with Gasteiger partial charge in [0.05, 0.1) is 24.8 Å². The highest BCUT2D eigenvalue weighted by Gasteiger charge is 2.14. The van der Waals surface area contributed by atoms with Crippen molar-refractivity contribution in [3.63, 3.8) is 0 Å². The summed E-state index contributed by atoms with van der Waals surface area (Å²) < 4.78 is 24.3. The number of halogens is 2. The van der Waals surface area contributed by atoms with Gasteiger partial charge >= 0.3 is 0 Å². The second-order valence-corrected chi connectivity index (χ2v) is 9.66. The fraction of sp³-hybridized carbons (Fsp3) is 0.148. The van der Waals surface area contributed by atoms with Gasteiger partial charge in [-0.15, -0.1) is 10.2 Å². The summed E-state index contributed by atoms with van der Waals surface area (Å²) >= 11 is 7.48. The number of hydrogen-bond acceptors (Lipinski definition) is 8. The van der Waals surface area contributed by atoms with Crippen molar-refractivity contribution in [3.8, 4) is 11.5 Å². The summed E-state index contributed by atoms with van der Waals surface area (Å²) in [6.07, 6.45) is 1.33. The van der Waals surface area contributed by atoms with Crippen molar-refractivity contribution < 1.29 is 23.5 Å². The average molecular weight is 568 g/mol. The Morgan fingerprint density at radius 3 is 2.64 bits per heavy atom. The molecule has 0 aliphatic heterocycles. The first kappa shape index (κ1) is 27.7. The van der Waals surface area contributed by atoms with Crippen LogP contribution in [-0.2, 0) is 17.8 Å². The molecule has 0 unspecified atom stereocenters. The largest absolute Gasteiger partial charge is 0.493 e. The van der Waals surface area contributed by atoms with Gasteiger partial charge in [0, 0.05) is 5.56 Å². The van der Waals surface area contributed by atoms with Gasteiger partial charge in [-0.2, -0.15) is 5.10 Å². The van der Waals surface area contributed by atoms with Crippen LogP contribution in [0.25, 0.3) is 0 Å². The first-order valence-corrected chi connectivity index (χ1v) is 12.8. The molecule has 0 aliphatic rings. The number of nitrogens with one attached hydrogen (secondary N) is 2. The van der Waals surface area contributed by atoms with Crippen LogP contribution in [0.15, 0.2) is 65.8 Å². The first-order valence-electron chi connectivity index (χ1n) is 11.6. The molecule has 3 aromatic carbocycles. The van der Waals surface area contributed by atoms with Crippen LogP contribution in [0.1, 0.15) is 32.1 Å². The van der Waals surface area contributed by atoms with Crippen molar-refractivity contribution in [1.82, 2.24) is 15.6 Å². The molecule has 9 nitrogen and oxygen atoms in total. The molecule has 0 bridgehead atoms. The van der Waals surface area contributed by atoms with Gasteiger partial charge in [0.15, 0.2) is 11.5 Å².